The summed E-state index contributed by atoms with van der Waals surface area (Å²) >= 11 is 0. The molecule has 1 aliphatic heterocycles. The smallest absolute Gasteiger partial charge is 0.220 e. The van der Waals surface area contributed by atoms with Crippen molar-refractivity contribution in [1.82, 2.24) is 15.2 Å². The predicted octanol–water partition coefficient (Wildman–Crippen LogP) is 5.32. The van der Waals surface area contributed by atoms with Gasteiger partial charge in [-0.05, 0) is 38.9 Å². The topological polar surface area (TPSA) is 58.4 Å². The van der Waals surface area contributed by atoms with Crippen LogP contribution in [-0.2, 0) is 11.2 Å². The quantitative estimate of drug-likeness (QED) is 0.466. The van der Waals surface area contributed by atoms with Crippen molar-refractivity contribution in [2.45, 2.75) is 44.9 Å². The first-order valence-electron chi connectivity index (χ1n) is 11.9. The second-order valence-electron chi connectivity index (χ2n) is 8.48. The molecule has 5 nitrogen and oxygen atoms in total. The Kier molecular flexibility index (Phi) is 8.10. The van der Waals surface area contributed by atoms with Crippen LogP contribution in [0.1, 0.15) is 44.4 Å². The summed E-state index contributed by atoms with van der Waals surface area (Å²) in [6, 6.07) is 20.1. The first-order valence-corrected chi connectivity index (χ1v) is 11.9. The summed E-state index contributed by atoms with van der Waals surface area (Å²) < 4.78 is 6.12. The maximum atomic E-state index is 12.4. The fourth-order valence-electron chi connectivity index (χ4n) is 4.25. The lowest BCUT2D eigenvalue weighted by Crippen LogP contribution is -2.30. The third-order valence-electron chi connectivity index (χ3n) is 5.99. The SMILES string of the molecule is O=C(CCc1nc(-c2ccccc2)c(-c2ccccc2)o1)NCCCN1CCCCCC1. The molecule has 0 saturated carbocycles. The molecule has 1 aliphatic rings. The van der Waals surface area contributed by atoms with E-state index < -0.39 is 0 Å². The van der Waals surface area contributed by atoms with Crippen molar-refractivity contribution >= 4 is 5.91 Å². The van der Waals surface area contributed by atoms with Crippen LogP contribution >= 0.6 is 0 Å². The van der Waals surface area contributed by atoms with Gasteiger partial charge >= 0.3 is 0 Å². The average Bonchev–Trinajstić information content (AvgIpc) is 3.10. The van der Waals surface area contributed by atoms with Gasteiger partial charge in [0.25, 0.3) is 0 Å². The molecule has 3 aromatic rings. The molecule has 168 valence electrons. The second kappa shape index (κ2) is 11.6. The van der Waals surface area contributed by atoms with Crippen molar-refractivity contribution in [3.8, 4) is 22.6 Å². The number of nitrogens with one attached hydrogen (secondary N) is 1. The van der Waals surface area contributed by atoms with Gasteiger partial charge in [-0.2, -0.15) is 0 Å². The highest BCUT2D eigenvalue weighted by Gasteiger charge is 2.17. The number of oxazole rings is 1. The second-order valence-corrected chi connectivity index (χ2v) is 8.48. The normalized spacial score (nSPS) is 14.8. The Morgan fingerprint density at radius 2 is 1.56 bits per heavy atom. The average molecular weight is 432 g/mol. The van der Waals surface area contributed by atoms with E-state index in [-0.39, 0.29) is 5.91 Å². The van der Waals surface area contributed by atoms with E-state index in [1.165, 1.54) is 38.8 Å². The summed E-state index contributed by atoms with van der Waals surface area (Å²) in [6.07, 6.45) is 7.19. The molecule has 5 heteroatoms. The molecule has 4 rings (SSSR count). The standard InChI is InChI=1S/C27H33N3O2/c31-24(28-18-11-21-30-19-9-1-2-10-20-30)16-17-25-29-26(22-12-5-3-6-13-22)27(32-25)23-14-7-4-8-15-23/h3-8,12-15H,1-2,9-11,16-21H2,(H,28,31). The number of nitrogens with zero attached hydrogens (tertiary/aromatic N) is 2. The Hall–Kier alpha value is -2.92. The number of benzene rings is 2. The minimum atomic E-state index is 0.0570. The zero-order chi connectivity index (χ0) is 22.0. The van der Waals surface area contributed by atoms with Gasteiger partial charge < -0.3 is 14.6 Å². The summed E-state index contributed by atoms with van der Waals surface area (Å²) in [5, 5.41) is 3.06. The van der Waals surface area contributed by atoms with Gasteiger partial charge in [0.1, 0.15) is 5.69 Å². The summed E-state index contributed by atoms with van der Waals surface area (Å²) in [5.74, 6) is 1.41. The monoisotopic (exact) mass is 431 g/mol. The van der Waals surface area contributed by atoms with Crippen molar-refractivity contribution in [2.75, 3.05) is 26.2 Å². The van der Waals surface area contributed by atoms with Crippen LogP contribution in [0.2, 0.25) is 0 Å². The lowest BCUT2D eigenvalue weighted by Gasteiger charge is -2.19. The van der Waals surface area contributed by atoms with Crippen LogP contribution in [0.4, 0.5) is 0 Å². The number of likely N-dealkylation sites (tertiary alicyclic amines) is 1. The fraction of sp³-hybridized carbons (Fsp3) is 0.407. The molecule has 0 aliphatic carbocycles. The molecule has 2 heterocycles. The van der Waals surface area contributed by atoms with Crippen molar-refractivity contribution in [1.29, 1.82) is 0 Å². The van der Waals surface area contributed by atoms with Crippen LogP contribution in [0.3, 0.4) is 0 Å². The molecule has 32 heavy (non-hydrogen) atoms. The fourth-order valence-corrected chi connectivity index (χ4v) is 4.25. The van der Waals surface area contributed by atoms with Gasteiger partial charge in [0.05, 0.1) is 0 Å². The molecule has 0 bridgehead atoms. The molecular weight excluding hydrogens is 398 g/mol. The van der Waals surface area contributed by atoms with Crippen LogP contribution in [0.25, 0.3) is 22.6 Å². The van der Waals surface area contributed by atoms with Gasteiger partial charge in [0.2, 0.25) is 5.91 Å². The lowest BCUT2D eigenvalue weighted by atomic mass is 10.1. The van der Waals surface area contributed by atoms with E-state index in [2.05, 4.69) is 10.2 Å². The molecule has 1 amide bonds. The number of hydrogen-bond acceptors (Lipinski definition) is 4. The third kappa shape index (κ3) is 6.30. The Morgan fingerprint density at radius 3 is 2.25 bits per heavy atom. The highest BCUT2D eigenvalue weighted by Crippen LogP contribution is 2.32. The number of hydrogen-bond donors (Lipinski definition) is 1. The third-order valence-corrected chi connectivity index (χ3v) is 5.99. The highest BCUT2D eigenvalue weighted by molar-refractivity contribution is 5.77. The number of rotatable bonds is 9. The molecular formula is C27H33N3O2. The van der Waals surface area contributed by atoms with E-state index in [4.69, 9.17) is 9.40 Å². The number of carbonyl (C=O) groups excluding carboxylic acids is 1. The first kappa shape index (κ1) is 22.3. The number of aryl methyl sites for hydroxylation is 1. The molecule has 2 aromatic carbocycles. The van der Waals surface area contributed by atoms with Crippen molar-refractivity contribution in [2.24, 2.45) is 0 Å². The first-order chi connectivity index (χ1) is 15.8. The molecule has 0 radical (unpaired) electrons. The molecule has 1 fully saturated rings. The van der Waals surface area contributed by atoms with E-state index >= 15 is 0 Å². The zero-order valence-corrected chi connectivity index (χ0v) is 18.8. The van der Waals surface area contributed by atoms with Crippen LogP contribution in [-0.4, -0.2) is 42.0 Å². The van der Waals surface area contributed by atoms with E-state index in [1.807, 2.05) is 60.7 Å². The molecule has 1 saturated heterocycles. The van der Waals surface area contributed by atoms with Gasteiger partial charge in [-0.3, -0.25) is 4.79 Å². The van der Waals surface area contributed by atoms with E-state index in [9.17, 15) is 4.79 Å². The Balaban J connectivity index is 1.31. The lowest BCUT2D eigenvalue weighted by molar-refractivity contribution is -0.121. The van der Waals surface area contributed by atoms with Crippen molar-refractivity contribution < 1.29 is 9.21 Å². The van der Waals surface area contributed by atoms with Crippen LogP contribution in [0.15, 0.2) is 65.1 Å². The maximum absolute atomic E-state index is 12.4. The van der Waals surface area contributed by atoms with Gasteiger partial charge in [0.15, 0.2) is 11.7 Å². The largest absolute Gasteiger partial charge is 0.440 e. The van der Waals surface area contributed by atoms with E-state index in [0.29, 0.717) is 18.7 Å². The zero-order valence-electron chi connectivity index (χ0n) is 18.8. The minimum Gasteiger partial charge on any atom is -0.440 e. The molecule has 1 aromatic heterocycles. The maximum Gasteiger partial charge on any atom is 0.220 e. The molecule has 0 unspecified atom stereocenters. The Labute approximate surface area is 190 Å². The predicted molar refractivity (Wildman–Crippen MR) is 128 cm³/mol. The van der Waals surface area contributed by atoms with Gasteiger partial charge in [-0.1, -0.05) is 73.5 Å². The summed E-state index contributed by atoms with van der Waals surface area (Å²) in [6.45, 7) is 4.20. The van der Waals surface area contributed by atoms with Gasteiger partial charge in [0, 0.05) is 30.5 Å². The van der Waals surface area contributed by atoms with E-state index in [0.717, 1.165) is 42.1 Å². The number of carbonyl (C=O) groups is 1. The summed E-state index contributed by atoms with van der Waals surface area (Å²) in [5.41, 5.74) is 2.83. The summed E-state index contributed by atoms with van der Waals surface area (Å²) in [4.78, 5) is 19.6. The van der Waals surface area contributed by atoms with Crippen LogP contribution in [0, 0.1) is 0 Å². The van der Waals surface area contributed by atoms with Crippen molar-refractivity contribution in [3.05, 3.63) is 66.6 Å². The Morgan fingerprint density at radius 1 is 0.906 bits per heavy atom. The Bertz CT molecular complexity index is 904. The number of aromatic nitrogens is 1. The number of amides is 1. The molecule has 0 spiro atoms. The molecule has 1 N–H and O–H groups in total. The van der Waals surface area contributed by atoms with E-state index in [1.54, 1.807) is 0 Å². The van der Waals surface area contributed by atoms with Gasteiger partial charge in [-0.15, -0.1) is 0 Å². The summed E-state index contributed by atoms with van der Waals surface area (Å²) in [7, 11) is 0. The molecule has 0 atom stereocenters. The van der Waals surface area contributed by atoms with Crippen LogP contribution < -0.4 is 5.32 Å². The minimum absolute atomic E-state index is 0.0570. The van der Waals surface area contributed by atoms with Crippen LogP contribution in [0.5, 0.6) is 0 Å². The van der Waals surface area contributed by atoms with Crippen molar-refractivity contribution in [3.63, 3.8) is 0 Å². The van der Waals surface area contributed by atoms with Gasteiger partial charge in [-0.25, -0.2) is 4.98 Å². The highest BCUT2D eigenvalue weighted by atomic mass is 16.4.